The van der Waals surface area contributed by atoms with E-state index >= 15 is 4.39 Å². The molecule has 194 valence electrons. The fourth-order valence-corrected chi connectivity index (χ4v) is 6.10. The zero-order valence-corrected chi connectivity index (χ0v) is 21.1. The van der Waals surface area contributed by atoms with Crippen LogP contribution in [0.5, 0.6) is 11.5 Å². The van der Waals surface area contributed by atoms with Crippen LogP contribution in [-0.4, -0.2) is 59.5 Å². The molecule has 3 aliphatic heterocycles. The molecule has 0 saturated carbocycles. The van der Waals surface area contributed by atoms with Crippen LogP contribution >= 0.6 is 0 Å². The topological polar surface area (TPSA) is 66.8 Å². The van der Waals surface area contributed by atoms with E-state index in [2.05, 4.69) is 10.2 Å². The Bertz CT molecular complexity index is 1650. The number of pyridine rings is 1. The number of carbonyl (C=O) groups excluding carboxylic acids is 1. The lowest BCUT2D eigenvalue weighted by molar-refractivity contribution is 0.0791. The summed E-state index contributed by atoms with van der Waals surface area (Å²) in [7, 11) is 0. The number of anilines is 1. The lowest BCUT2D eigenvalue weighted by atomic mass is 10.0. The number of fused-ring (bicyclic) bond motifs is 4. The average Bonchev–Trinajstić information content (AvgIpc) is 3.66. The van der Waals surface area contributed by atoms with Crippen molar-refractivity contribution in [3.63, 3.8) is 0 Å². The molecular formula is C30H29FN4O3. The summed E-state index contributed by atoms with van der Waals surface area (Å²) in [5.74, 6) is -0.00959. The molecule has 3 aromatic carbocycles. The third kappa shape index (κ3) is 3.66. The van der Waals surface area contributed by atoms with Gasteiger partial charge in [-0.3, -0.25) is 9.59 Å². The Labute approximate surface area is 219 Å². The molecule has 38 heavy (non-hydrogen) atoms. The lowest BCUT2D eigenvalue weighted by Crippen LogP contribution is -2.33. The highest BCUT2D eigenvalue weighted by Crippen LogP contribution is 2.47. The number of likely N-dealkylation sites (tertiary alicyclic amines) is 2. The SMILES string of the molecule is O=C(c1cn2c3c(c(NCCN4CCCC4)c(F)cc3c1=O)Oc1c-2ccc2ccccc12)N1CCCC1. The van der Waals surface area contributed by atoms with Crippen molar-refractivity contribution in [2.45, 2.75) is 25.7 Å². The standard InChI is InChI=1S/C30H29FN4O3/c31-23-17-21-26-29(25(23)32-11-16-33-12-3-4-13-33)38-28-20-8-2-1-7-19(20)9-10-24(28)35(26)18-22(27(21)36)30(37)34-14-5-6-15-34/h1-2,7-10,17-18,32H,3-6,11-16H2. The smallest absolute Gasteiger partial charge is 0.259 e. The number of carbonyl (C=O) groups is 1. The molecule has 0 aliphatic carbocycles. The molecule has 1 N–H and O–H groups in total. The maximum absolute atomic E-state index is 15.7. The quantitative estimate of drug-likeness (QED) is 0.354. The van der Waals surface area contributed by atoms with E-state index in [0.717, 1.165) is 43.2 Å². The van der Waals surface area contributed by atoms with Crippen molar-refractivity contribution in [1.29, 1.82) is 0 Å². The van der Waals surface area contributed by atoms with Crippen molar-refractivity contribution in [3.8, 4) is 17.2 Å². The molecule has 0 radical (unpaired) electrons. The van der Waals surface area contributed by atoms with Gasteiger partial charge in [0.2, 0.25) is 5.43 Å². The van der Waals surface area contributed by atoms with Crippen molar-refractivity contribution >= 4 is 33.3 Å². The van der Waals surface area contributed by atoms with Crippen LogP contribution < -0.4 is 15.5 Å². The van der Waals surface area contributed by atoms with Crippen LogP contribution in [0, 0.1) is 5.82 Å². The minimum Gasteiger partial charge on any atom is -0.450 e. The summed E-state index contributed by atoms with van der Waals surface area (Å²) >= 11 is 0. The second-order valence-electron chi connectivity index (χ2n) is 10.4. The van der Waals surface area contributed by atoms with Crippen LogP contribution in [0.1, 0.15) is 36.0 Å². The Morgan fingerprint density at radius 2 is 1.71 bits per heavy atom. The molecule has 2 fully saturated rings. The van der Waals surface area contributed by atoms with E-state index < -0.39 is 11.2 Å². The van der Waals surface area contributed by atoms with E-state index in [1.54, 1.807) is 11.1 Å². The summed E-state index contributed by atoms with van der Waals surface area (Å²) in [5.41, 5.74) is 1.01. The second kappa shape index (κ2) is 9.13. The first-order valence-electron chi connectivity index (χ1n) is 13.5. The predicted octanol–water partition coefficient (Wildman–Crippen LogP) is 5.13. The van der Waals surface area contributed by atoms with Gasteiger partial charge in [-0.1, -0.05) is 30.3 Å². The summed E-state index contributed by atoms with van der Waals surface area (Å²) in [6.45, 7) is 4.71. The number of amides is 1. The van der Waals surface area contributed by atoms with E-state index in [1.165, 1.54) is 18.9 Å². The molecule has 1 aromatic heterocycles. The fourth-order valence-electron chi connectivity index (χ4n) is 6.10. The Kier molecular flexibility index (Phi) is 5.58. The highest BCUT2D eigenvalue weighted by Gasteiger charge is 2.31. The van der Waals surface area contributed by atoms with Crippen molar-refractivity contribution < 1.29 is 13.9 Å². The molecule has 4 aromatic rings. The molecule has 3 aliphatic rings. The number of benzene rings is 3. The van der Waals surface area contributed by atoms with Crippen LogP contribution in [0.2, 0.25) is 0 Å². The molecule has 0 atom stereocenters. The van der Waals surface area contributed by atoms with E-state index in [4.69, 9.17) is 4.74 Å². The van der Waals surface area contributed by atoms with Crippen molar-refractivity contribution in [3.05, 3.63) is 70.3 Å². The Morgan fingerprint density at radius 1 is 0.947 bits per heavy atom. The van der Waals surface area contributed by atoms with Crippen molar-refractivity contribution in [2.24, 2.45) is 0 Å². The minimum absolute atomic E-state index is 0.0560. The van der Waals surface area contributed by atoms with Gasteiger partial charge in [0.25, 0.3) is 5.91 Å². The van der Waals surface area contributed by atoms with Crippen LogP contribution in [-0.2, 0) is 0 Å². The fraction of sp³-hybridized carbons (Fsp3) is 0.333. The summed E-state index contributed by atoms with van der Waals surface area (Å²) in [4.78, 5) is 31.1. The second-order valence-corrected chi connectivity index (χ2v) is 10.4. The van der Waals surface area contributed by atoms with E-state index in [-0.39, 0.29) is 28.3 Å². The number of rotatable bonds is 5. The zero-order chi connectivity index (χ0) is 25.8. The number of nitrogens with one attached hydrogen (secondary N) is 1. The van der Waals surface area contributed by atoms with Crippen molar-refractivity contribution in [2.75, 3.05) is 44.6 Å². The molecule has 0 spiro atoms. The Balaban J connectivity index is 1.43. The van der Waals surface area contributed by atoms with Gasteiger partial charge >= 0.3 is 0 Å². The molecular weight excluding hydrogens is 483 g/mol. The summed E-state index contributed by atoms with van der Waals surface area (Å²) < 4.78 is 24.0. The van der Waals surface area contributed by atoms with Crippen molar-refractivity contribution in [1.82, 2.24) is 14.4 Å². The number of aromatic nitrogens is 1. The summed E-state index contributed by atoms with van der Waals surface area (Å²) in [5, 5.41) is 5.27. The molecule has 0 unspecified atom stereocenters. The summed E-state index contributed by atoms with van der Waals surface area (Å²) in [6.07, 6.45) is 5.83. The molecule has 7 nitrogen and oxygen atoms in total. The normalized spacial score (nSPS) is 16.7. The van der Waals surface area contributed by atoms with E-state index in [0.29, 0.717) is 36.6 Å². The van der Waals surface area contributed by atoms with Crippen LogP contribution in [0.3, 0.4) is 0 Å². The van der Waals surface area contributed by atoms with Gasteiger partial charge in [-0.2, -0.15) is 0 Å². The highest BCUT2D eigenvalue weighted by molar-refractivity contribution is 6.03. The Morgan fingerprint density at radius 3 is 2.53 bits per heavy atom. The van der Waals surface area contributed by atoms with Gasteiger partial charge in [0, 0.05) is 37.8 Å². The first-order valence-corrected chi connectivity index (χ1v) is 13.5. The number of hydrogen-bond acceptors (Lipinski definition) is 5. The predicted molar refractivity (Wildman–Crippen MR) is 146 cm³/mol. The largest absolute Gasteiger partial charge is 0.450 e. The van der Waals surface area contributed by atoms with Gasteiger partial charge < -0.3 is 24.4 Å². The van der Waals surface area contributed by atoms with Crippen LogP contribution in [0.4, 0.5) is 10.1 Å². The minimum atomic E-state index is -0.563. The monoisotopic (exact) mass is 512 g/mol. The van der Waals surface area contributed by atoms with Gasteiger partial charge in [-0.25, -0.2) is 4.39 Å². The maximum atomic E-state index is 15.7. The van der Waals surface area contributed by atoms with Gasteiger partial charge in [-0.05, 0) is 56.3 Å². The third-order valence-corrected chi connectivity index (χ3v) is 8.07. The molecule has 1 amide bonds. The van der Waals surface area contributed by atoms with Gasteiger partial charge in [0.1, 0.15) is 16.8 Å². The first kappa shape index (κ1) is 23.2. The molecule has 4 heterocycles. The number of halogens is 1. The number of hydrogen-bond donors (Lipinski definition) is 1. The Hall–Kier alpha value is -3.91. The van der Waals surface area contributed by atoms with Crippen LogP contribution in [0.25, 0.3) is 27.4 Å². The van der Waals surface area contributed by atoms with Crippen LogP contribution in [0.15, 0.2) is 53.5 Å². The molecule has 0 bridgehead atoms. The third-order valence-electron chi connectivity index (χ3n) is 8.07. The molecule has 7 rings (SSSR count). The number of nitrogens with zero attached hydrogens (tertiary/aromatic N) is 3. The molecule has 8 heteroatoms. The lowest BCUT2D eigenvalue weighted by Gasteiger charge is -2.28. The zero-order valence-electron chi connectivity index (χ0n) is 21.1. The highest BCUT2D eigenvalue weighted by atomic mass is 19.1. The van der Waals surface area contributed by atoms with Gasteiger partial charge in [-0.15, -0.1) is 0 Å². The average molecular weight is 513 g/mol. The van der Waals surface area contributed by atoms with Gasteiger partial charge in [0.05, 0.1) is 11.1 Å². The van der Waals surface area contributed by atoms with Gasteiger partial charge in [0.15, 0.2) is 17.3 Å². The summed E-state index contributed by atoms with van der Waals surface area (Å²) in [6, 6.07) is 13.0. The van der Waals surface area contributed by atoms with E-state index in [9.17, 15) is 9.59 Å². The van der Waals surface area contributed by atoms with E-state index in [1.807, 2.05) is 41.0 Å². The number of ether oxygens (including phenoxy) is 1. The first-order chi connectivity index (χ1) is 18.6. The maximum Gasteiger partial charge on any atom is 0.259 e. The molecule has 2 saturated heterocycles.